The van der Waals surface area contributed by atoms with E-state index in [0.717, 1.165) is 18.8 Å². The largest absolute Gasteiger partial charge is 0.395 e. The van der Waals surface area contributed by atoms with Crippen molar-refractivity contribution in [2.24, 2.45) is 0 Å². The minimum atomic E-state index is -0.248. The smallest absolute Gasteiger partial charge is 0.252 e. The standard InChI is InChI=1S/C13H17ClN2O2/c14-12-9-10(16-6-1-2-7-16)3-4-11(12)13(18)15-5-8-17/h3-4,9,17H,1-2,5-8H2,(H,15,18). The van der Waals surface area contributed by atoms with Gasteiger partial charge in [0.1, 0.15) is 0 Å². The van der Waals surface area contributed by atoms with Crippen molar-refractivity contribution in [2.75, 3.05) is 31.1 Å². The van der Waals surface area contributed by atoms with Gasteiger partial charge < -0.3 is 15.3 Å². The van der Waals surface area contributed by atoms with E-state index < -0.39 is 0 Å². The topological polar surface area (TPSA) is 52.6 Å². The number of nitrogens with one attached hydrogen (secondary N) is 1. The van der Waals surface area contributed by atoms with Crippen LogP contribution in [0.4, 0.5) is 5.69 Å². The molecular formula is C13H17ClN2O2. The maximum Gasteiger partial charge on any atom is 0.252 e. The van der Waals surface area contributed by atoms with Crippen LogP contribution in [0.15, 0.2) is 18.2 Å². The lowest BCUT2D eigenvalue weighted by molar-refractivity contribution is 0.0945. The summed E-state index contributed by atoms with van der Waals surface area (Å²) in [4.78, 5) is 14.0. The molecule has 1 amide bonds. The zero-order chi connectivity index (χ0) is 13.0. The minimum Gasteiger partial charge on any atom is -0.395 e. The average molecular weight is 269 g/mol. The van der Waals surface area contributed by atoms with Crippen molar-refractivity contribution in [1.82, 2.24) is 5.32 Å². The summed E-state index contributed by atoms with van der Waals surface area (Å²) in [7, 11) is 0. The van der Waals surface area contributed by atoms with Crippen LogP contribution in [0, 0.1) is 0 Å². The molecule has 2 N–H and O–H groups in total. The Bertz CT molecular complexity index is 431. The van der Waals surface area contributed by atoms with Crippen molar-refractivity contribution >= 4 is 23.2 Å². The van der Waals surface area contributed by atoms with Gasteiger partial charge in [0.05, 0.1) is 17.2 Å². The first-order valence-electron chi connectivity index (χ1n) is 6.16. The molecule has 18 heavy (non-hydrogen) atoms. The van der Waals surface area contributed by atoms with Crippen LogP contribution in [0.5, 0.6) is 0 Å². The normalized spacial score (nSPS) is 14.9. The van der Waals surface area contributed by atoms with Gasteiger partial charge in [-0.25, -0.2) is 0 Å². The van der Waals surface area contributed by atoms with Crippen molar-refractivity contribution in [3.05, 3.63) is 28.8 Å². The van der Waals surface area contributed by atoms with Crippen molar-refractivity contribution in [3.8, 4) is 0 Å². The fourth-order valence-corrected chi connectivity index (χ4v) is 2.39. The first-order valence-corrected chi connectivity index (χ1v) is 6.53. The highest BCUT2D eigenvalue weighted by Crippen LogP contribution is 2.26. The monoisotopic (exact) mass is 268 g/mol. The Labute approximate surface area is 112 Å². The number of anilines is 1. The van der Waals surface area contributed by atoms with E-state index >= 15 is 0 Å². The summed E-state index contributed by atoms with van der Waals surface area (Å²) in [6, 6.07) is 5.49. The van der Waals surface area contributed by atoms with E-state index in [-0.39, 0.29) is 19.1 Å². The number of aliphatic hydroxyl groups excluding tert-OH is 1. The van der Waals surface area contributed by atoms with Gasteiger partial charge in [-0.3, -0.25) is 4.79 Å². The molecule has 1 aromatic rings. The highest BCUT2D eigenvalue weighted by molar-refractivity contribution is 6.34. The van der Waals surface area contributed by atoms with Gasteiger partial charge in [-0.1, -0.05) is 11.6 Å². The third-order valence-electron chi connectivity index (χ3n) is 3.07. The lowest BCUT2D eigenvalue weighted by atomic mass is 10.2. The van der Waals surface area contributed by atoms with Crippen molar-refractivity contribution < 1.29 is 9.90 Å². The van der Waals surface area contributed by atoms with Crippen LogP contribution in [0.1, 0.15) is 23.2 Å². The van der Waals surface area contributed by atoms with Crippen LogP contribution in [0.3, 0.4) is 0 Å². The minimum absolute atomic E-state index is 0.0742. The molecule has 1 aliphatic heterocycles. The van der Waals surface area contributed by atoms with Gasteiger partial charge in [-0.15, -0.1) is 0 Å². The summed E-state index contributed by atoms with van der Waals surface area (Å²) in [6.07, 6.45) is 2.41. The molecule has 1 aliphatic rings. The summed E-state index contributed by atoms with van der Waals surface area (Å²) >= 11 is 6.13. The zero-order valence-electron chi connectivity index (χ0n) is 10.2. The molecule has 0 spiro atoms. The van der Waals surface area contributed by atoms with Crippen LogP contribution in [-0.2, 0) is 0 Å². The van der Waals surface area contributed by atoms with Gasteiger partial charge in [-0.05, 0) is 31.0 Å². The second-order valence-electron chi connectivity index (χ2n) is 4.34. The Morgan fingerprint density at radius 2 is 2.11 bits per heavy atom. The van der Waals surface area contributed by atoms with Crippen molar-refractivity contribution in [3.63, 3.8) is 0 Å². The number of halogens is 1. The molecule has 4 nitrogen and oxygen atoms in total. The number of hydrogen-bond donors (Lipinski definition) is 2. The molecule has 0 atom stereocenters. The Balaban J connectivity index is 2.11. The molecule has 0 radical (unpaired) electrons. The molecule has 0 unspecified atom stereocenters. The van der Waals surface area contributed by atoms with E-state index in [2.05, 4.69) is 10.2 Å². The van der Waals surface area contributed by atoms with Crippen LogP contribution < -0.4 is 10.2 Å². The average Bonchev–Trinajstić information content (AvgIpc) is 2.89. The van der Waals surface area contributed by atoms with Gasteiger partial charge in [0, 0.05) is 25.3 Å². The first-order chi connectivity index (χ1) is 8.72. The van der Waals surface area contributed by atoms with Crippen LogP contribution in [0.2, 0.25) is 5.02 Å². The number of carbonyl (C=O) groups is 1. The van der Waals surface area contributed by atoms with Crippen LogP contribution in [0.25, 0.3) is 0 Å². The molecule has 98 valence electrons. The molecule has 5 heteroatoms. The molecular weight excluding hydrogens is 252 g/mol. The second kappa shape index (κ2) is 6.07. The van der Waals surface area contributed by atoms with Gasteiger partial charge >= 0.3 is 0 Å². The molecule has 0 aromatic heterocycles. The lowest BCUT2D eigenvalue weighted by Crippen LogP contribution is -2.26. The molecule has 1 saturated heterocycles. The van der Waals surface area contributed by atoms with E-state index in [1.165, 1.54) is 12.8 Å². The van der Waals surface area contributed by atoms with Crippen LogP contribution >= 0.6 is 11.6 Å². The Hall–Kier alpha value is -1.26. The van der Waals surface area contributed by atoms with E-state index in [9.17, 15) is 4.79 Å². The summed E-state index contributed by atoms with van der Waals surface area (Å²) in [5.74, 6) is -0.248. The molecule has 0 aliphatic carbocycles. The highest BCUT2D eigenvalue weighted by Gasteiger charge is 2.15. The van der Waals surface area contributed by atoms with Crippen molar-refractivity contribution in [1.29, 1.82) is 0 Å². The fourth-order valence-electron chi connectivity index (χ4n) is 2.12. The second-order valence-corrected chi connectivity index (χ2v) is 4.75. The third-order valence-corrected chi connectivity index (χ3v) is 3.38. The number of rotatable bonds is 4. The Morgan fingerprint density at radius 3 is 2.72 bits per heavy atom. The summed E-state index contributed by atoms with van der Waals surface area (Å²) in [6.45, 7) is 2.26. The first kappa shape index (κ1) is 13.2. The maximum atomic E-state index is 11.7. The van der Waals surface area contributed by atoms with Gasteiger partial charge in [-0.2, -0.15) is 0 Å². The highest BCUT2D eigenvalue weighted by atomic mass is 35.5. The summed E-state index contributed by atoms with van der Waals surface area (Å²) < 4.78 is 0. The number of aliphatic hydroxyl groups is 1. The van der Waals surface area contributed by atoms with Gasteiger partial charge in [0.25, 0.3) is 5.91 Å². The number of nitrogens with zero attached hydrogens (tertiary/aromatic N) is 1. The molecule has 1 aromatic carbocycles. The molecule has 0 bridgehead atoms. The number of carbonyl (C=O) groups excluding carboxylic acids is 1. The van der Waals surface area contributed by atoms with E-state index in [1.54, 1.807) is 6.07 Å². The SMILES string of the molecule is O=C(NCCO)c1ccc(N2CCCC2)cc1Cl. The van der Waals surface area contributed by atoms with Gasteiger partial charge in [0.2, 0.25) is 0 Å². The summed E-state index contributed by atoms with van der Waals surface area (Å²) in [5.41, 5.74) is 1.52. The molecule has 1 fully saturated rings. The van der Waals surface area contributed by atoms with E-state index in [4.69, 9.17) is 16.7 Å². The van der Waals surface area contributed by atoms with E-state index in [0.29, 0.717) is 10.6 Å². The Morgan fingerprint density at radius 1 is 1.39 bits per heavy atom. The van der Waals surface area contributed by atoms with Crippen LogP contribution in [-0.4, -0.2) is 37.3 Å². The summed E-state index contributed by atoms with van der Waals surface area (Å²) in [5, 5.41) is 11.7. The molecule has 2 rings (SSSR count). The number of amides is 1. The van der Waals surface area contributed by atoms with Crippen molar-refractivity contribution in [2.45, 2.75) is 12.8 Å². The predicted molar refractivity (Wildman–Crippen MR) is 72.3 cm³/mol. The Kier molecular flexibility index (Phi) is 4.44. The lowest BCUT2D eigenvalue weighted by Gasteiger charge is -2.18. The molecule has 1 heterocycles. The third kappa shape index (κ3) is 2.94. The number of hydrogen-bond acceptors (Lipinski definition) is 3. The van der Waals surface area contributed by atoms with Gasteiger partial charge in [0.15, 0.2) is 0 Å². The molecule has 0 saturated carbocycles. The predicted octanol–water partition coefficient (Wildman–Crippen LogP) is 1.66. The quantitative estimate of drug-likeness (QED) is 0.873. The zero-order valence-corrected chi connectivity index (χ0v) is 10.9. The number of benzene rings is 1. The van der Waals surface area contributed by atoms with E-state index in [1.807, 2.05) is 12.1 Å². The maximum absolute atomic E-state index is 11.7. The fraction of sp³-hybridized carbons (Fsp3) is 0.462.